The van der Waals surface area contributed by atoms with Crippen LogP contribution in [0.4, 0.5) is 5.69 Å². The van der Waals surface area contributed by atoms with Gasteiger partial charge in [-0.2, -0.15) is 5.10 Å². The number of hydrazone groups is 1. The highest BCUT2D eigenvalue weighted by Crippen LogP contribution is 2.35. The molecule has 4 aromatic carbocycles. The molecule has 1 heterocycles. The molecule has 0 spiro atoms. The van der Waals surface area contributed by atoms with E-state index in [1.54, 1.807) is 66.7 Å². The lowest BCUT2D eigenvalue weighted by Gasteiger charge is -2.11. The minimum absolute atomic E-state index is 0.0881. The second-order valence-electron chi connectivity index (χ2n) is 8.86. The Balaban J connectivity index is 1.27. The SMILES string of the molecule is Cc1ccc(C(=O)Nc2cccc(C(=O)NN=Cc3cc(Br)cc(Br)c3OC(=O)c3ccc4c(c3)OCO4)c2)cc1. The van der Waals surface area contributed by atoms with Crippen molar-refractivity contribution < 1.29 is 28.6 Å². The van der Waals surface area contributed by atoms with E-state index < -0.39 is 11.9 Å². The van der Waals surface area contributed by atoms with Crippen LogP contribution in [0.5, 0.6) is 17.2 Å². The molecule has 0 saturated heterocycles. The first-order valence-corrected chi connectivity index (χ1v) is 13.8. The number of anilines is 1. The molecule has 11 heteroatoms. The Hall–Kier alpha value is -4.48. The molecule has 1 aliphatic rings. The molecule has 1 aliphatic heterocycles. The fourth-order valence-electron chi connectivity index (χ4n) is 3.83. The Morgan fingerprint density at radius 3 is 2.41 bits per heavy atom. The van der Waals surface area contributed by atoms with Gasteiger partial charge in [-0.05, 0) is 83.5 Å². The first-order valence-electron chi connectivity index (χ1n) is 12.2. The van der Waals surface area contributed by atoms with E-state index in [-0.39, 0.29) is 29.6 Å². The van der Waals surface area contributed by atoms with Crippen LogP contribution in [0.3, 0.4) is 0 Å². The van der Waals surface area contributed by atoms with Gasteiger partial charge in [-0.25, -0.2) is 10.2 Å². The van der Waals surface area contributed by atoms with Crippen LogP contribution in [0.2, 0.25) is 0 Å². The number of aryl methyl sites for hydroxylation is 1. The van der Waals surface area contributed by atoms with Crippen LogP contribution >= 0.6 is 31.9 Å². The lowest BCUT2D eigenvalue weighted by molar-refractivity contribution is 0.0732. The number of ether oxygens (including phenoxy) is 3. The number of amides is 2. The predicted octanol–water partition coefficient (Wildman–Crippen LogP) is 6.48. The smallest absolute Gasteiger partial charge is 0.343 e. The molecule has 0 radical (unpaired) electrons. The van der Waals surface area contributed by atoms with E-state index in [0.717, 1.165) is 5.56 Å². The van der Waals surface area contributed by atoms with Crippen molar-refractivity contribution in [3.05, 3.63) is 116 Å². The Morgan fingerprint density at radius 1 is 0.854 bits per heavy atom. The third-order valence-corrected chi connectivity index (χ3v) is 6.95. The summed E-state index contributed by atoms with van der Waals surface area (Å²) in [5.74, 6) is -0.194. The molecular weight excluding hydrogens is 658 g/mol. The normalized spacial score (nSPS) is 11.8. The monoisotopic (exact) mass is 677 g/mol. The zero-order valence-electron chi connectivity index (χ0n) is 21.4. The number of rotatable bonds is 7. The highest BCUT2D eigenvalue weighted by Gasteiger charge is 2.20. The van der Waals surface area contributed by atoms with Crippen molar-refractivity contribution in [2.24, 2.45) is 5.10 Å². The first kappa shape index (κ1) is 28.1. The average Bonchev–Trinajstić information content (AvgIpc) is 3.43. The molecule has 5 rings (SSSR count). The van der Waals surface area contributed by atoms with Crippen LogP contribution < -0.4 is 25.0 Å². The largest absolute Gasteiger partial charge is 0.454 e. The molecule has 41 heavy (non-hydrogen) atoms. The Kier molecular flexibility index (Phi) is 8.46. The number of halogens is 2. The second kappa shape index (κ2) is 12.4. The van der Waals surface area contributed by atoms with Crippen molar-refractivity contribution in [3.8, 4) is 17.2 Å². The number of hydrogen-bond acceptors (Lipinski definition) is 7. The minimum Gasteiger partial charge on any atom is -0.454 e. The predicted molar refractivity (Wildman–Crippen MR) is 160 cm³/mol. The third kappa shape index (κ3) is 6.82. The van der Waals surface area contributed by atoms with Crippen molar-refractivity contribution in [1.82, 2.24) is 5.43 Å². The zero-order valence-corrected chi connectivity index (χ0v) is 24.6. The van der Waals surface area contributed by atoms with Crippen LogP contribution in [-0.4, -0.2) is 30.8 Å². The molecule has 0 saturated carbocycles. The van der Waals surface area contributed by atoms with Crippen molar-refractivity contribution in [2.45, 2.75) is 6.92 Å². The molecule has 0 unspecified atom stereocenters. The van der Waals surface area contributed by atoms with Crippen LogP contribution in [-0.2, 0) is 0 Å². The molecule has 206 valence electrons. The fraction of sp³-hybridized carbons (Fsp3) is 0.0667. The number of benzene rings is 4. The van der Waals surface area contributed by atoms with Gasteiger partial charge in [0.25, 0.3) is 11.8 Å². The number of hydrogen-bond donors (Lipinski definition) is 2. The summed E-state index contributed by atoms with van der Waals surface area (Å²) in [5, 5.41) is 6.84. The van der Waals surface area contributed by atoms with Crippen LogP contribution in [0.1, 0.15) is 42.2 Å². The number of carbonyl (C=O) groups is 3. The lowest BCUT2D eigenvalue weighted by atomic mass is 10.1. The van der Waals surface area contributed by atoms with Crippen LogP contribution in [0, 0.1) is 6.92 Å². The van der Waals surface area contributed by atoms with Gasteiger partial charge in [0.1, 0.15) is 0 Å². The molecule has 0 aliphatic carbocycles. The van der Waals surface area contributed by atoms with Gasteiger partial charge in [-0.15, -0.1) is 0 Å². The minimum atomic E-state index is -0.616. The maximum atomic E-state index is 12.9. The summed E-state index contributed by atoms with van der Waals surface area (Å²) in [6.07, 6.45) is 1.36. The first-order chi connectivity index (χ1) is 19.8. The van der Waals surface area contributed by atoms with Crippen LogP contribution in [0.15, 0.2) is 92.9 Å². The van der Waals surface area contributed by atoms with E-state index in [4.69, 9.17) is 14.2 Å². The maximum Gasteiger partial charge on any atom is 0.343 e. The molecule has 0 atom stereocenters. The topological polar surface area (TPSA) is 115 Å². The Morgan fingerprint density at radius 2 is 1.61 bits per heavy atom. The van der Waals surface area contributed by atoms with Gasteiger partial charge in [0.05, 0.1) is 16.3 Å². The molecule has 4 aromatic rings. The molecule has 0 aromatic heterocycles. The zero-order chi connectivity index (χ0) is 28.9. The van der Waals surface area contributed by atoms with Gasteiger partial charge in [0.15, 0.2) is 17.2 Å². The number of carbonyl (C=O) groups excluding carboxylic acids is 3. The van der Waals surface area contributed by atoms with E-state index in [0.29, 0.717) is 37.3 Å². The Labute approximate surface area is 251 Å². The number of fused-ring (bicyclic) bond motifs is 1. The summed E-state index contributed by atoms with van der Waals surface area (Å²) < 4.78 is 17.5. The van der Waals surface area contributed by atoms with Crippen molar-refractivity contribution in [2.75, 3.05) is 12.1 Å². The molecule has 0 bridgehead atoms. The van der Waals surface area contributed by atoms with Gasteiger partial charge < -0.3 is 19.5 Å². The van der Waals surface area contributed by atoms with Gasteiger partial charge in [-0.1, -0.05) is 39.7 Å². The van der Waals surface area contributed by atoms with E-state index in [1.165, 1.54) is 6.21 Å². The van der Waals surface area contributed by atoms with E-state index in [1.807, 2.05) is 19.1 Å². The Bertz CT molecular complexity index is 1690. The van der Waals surface area contributed by atoms with Gasteiger partial charge in [0, 0.05) is 26.9 Å². The molecular formula is C30H21Br2N3O6. The molecule has 2 N–H and O–H groups in total. The maximum absolute atomic E-state index is 12.9. The van der Waals surface area contributed by atoms with Gasteiger partial charge in [0.2, 0.25) is 6.79 Å². The van der Waals surface area contributed by atoms with Gasteiger partial charge in [-0.3, -0.25) is 9.59 Å². The summed E-state index contributed by atoms with van der Waals surface area (Å²) in [6.45, 7) is 2.03. The van der Waals surface area contributed by atoms with Gasteiger partial charge >= 0.3 is 5.97 Å². The number of nitrogens with zero attached hydrogens (tertiary/aromatic N) is 1. The fourth-order valence-corrected chi connectivity index (χ4v) is 5.17. The average molecular weight is 679 g/mol. The summed E-state index contributed by atoms with van der Waals surface area (Å²) >= 11 is 6.83. The molecule has 0 fully saturated rings. The van der Waals surface area contributed by atoms with Crippen molar-refractivity contribution in [3.63, 3.8) is 0 Å². The summed E-state index contributed by atoms with van der Waals surface area (Å²) in [6, 6.07) is 21.8. The lowest BCUT2D eigenvalue weighted by Crippen LogP contribution is -2.18. The molecule has 9 nitrogen and oxygen atoms in total. The second-order valence-corrected chi connectivity index (χ2v) is 10.6. The van der Waals surface area contributed by atoms with Crippen LogP contribution in [0.25, 0.3) is 0 Å². The highest BCUT2D eigenvalue weighted by atomic mass is 79.9. The van der Waals surface area contributed by atoms with E-state index in [2.05, 4.69) is 47.7 Å². The summed E-state index contributed by atoms with van der Waals surface area (Å²) in [4.78, 5) is 38.2. The quantitative estimate of drug-likeness (QED) is 0.100. The number of esters is 1. The van der Waals surface area contributed by atoms with E-state index in [9.17, 15) is 14.4 Å². The summed E-state index contributed by atoms with van der Waals surface area (Å²) in [5.41, 5.74) is 5.45. The number of nitrogens with one attached hydrogen (secondary N) is 2. The summed E-state index contributed by atoms with van der Waals surface area (Å²) in [7, 11) is 0. The molecule has 2 amide bonds. The highest BCUT2D eigenvalue weighted by molar-refractivity contribution is 9.11. The van der Waals surface area contributed by atoms with E-state index >= 15 is 0 Å². The third-order valence-electron chi connectivity index (χ3n) is 5.91. The van der Waals surface area contributed by atoms with Crippen molar-refractivity contribution in [1.29, 1.82) is 0 Å². The standard InChI is InChI=1S/C30H21Br2N3O6/c1-17-5-7-18(8-6-17)28(36)34-23-4-2-3-19(12-23)29(37)35-33-15-21-11-22(31)14-24(32)27(21)41-30(38)20-9-10-25-26(13-20)40-16-39-25/h2-15H,16H2,1H3,(H,34,36)(H,35,37). The van der Waals surface area contributed by atoms with Crippen molar-refractivity contribution >= 4 is 61.5 Å².